The molecule has 3 rings (SSSR count). The van der Waals surface area contributed by atoms with Gasteiger partial charge in [-0.1, -0.05) is 31.2 Å². The zero-order chi connectivity index (χ0) is 14.1. The molecule has 4 heteroatoms. The van der Waals surface area contributed by atoms with Gasteiger partial charge in [0, 0.05) is 17.0 Å². The molecule has 0 aliphatic heterocycles. The van der Waals surface area contributed by atoms with Crippen LogP contribution in [0, 0.1) is 6.92 Å². The van der Waals surface area contributed by atoms with Gasteiger partial charge in [-0.2, -0.15) is 0 Å². The van der Waals surface area contributed by atoms with Gasteiger partial charge in [-0.25, -0.2) is 4.98 Å². The number of fused-ring (bicyclic) bond motifs is 1. The maximum atomic E-state index is 5.71. The van der Waals surface area contributed by atoms with Crippen LogP contribution in [0.5, 0.6) is 0 Å². The van der Waals surface area contributed by atoms with Crippen LogP contribution in [0.15, 0.2) is 30.5 Å². The molecule has 0 atom stereocenters. The summed E-state index contributed by atoms with van der Waals surface area (Å²) in [5, 5.41) is 0. The minimum absolute atomic E-state index is 0.650. The van der Waals surface area contributed by atoms with Crippen molar-refractivity contribution in [1.29, 1.82) is 0 Å². The molecule has 20 heavy (non-hydrogen) atoms. The predicted octanol–water partition coefficient (Wildman–Crippen LogP) is 3.43. The molecule has 0 aliphatic carbocycles. The van der Waals surface area contributed by atoms with Crippen LogP contribution in [0.4, 0.5) is 0 Å². The van der Waals surface area contributed by atoms with Crippen molar-refractivity contribution >= 4 is 16.3 Å². The van der Waals surface area contributed by atoms with Gasteiger partial charge in [-0.15, -0.1) is 11.3 Å². The highest BCUT2D eigenvalue weighted by Crippen LogP contribution is 2.32. The van der Waals surface area contributed by atoms with Crippen LogP contribution in [-0.2, 0) is 12.8 Å². The van der Waals surface area contributed by atoms with E-state index in [1.54, 1.807) is 11.3 Å². The highest BCUT2D eigenvalue weighted by molar-refractivity contribution is 7.17. The van der Waals surface area contributed by atoms with E-state index in [0.29, 0.717) is 6.54 Å². The van der Waals surface area contributed by atoms with Crippen LogP contribution in [0.1, 0.15) is 23.1 Å². The van der Waals surface area contributed by atoms with E-state index in [1.807, 2.05) is 6.20 Å². The molecule has 2 heterocycles. The van der Waals surface area contributed by atoms with Gasteiger partial charge in [-0.05, 0) is 31.0 Å². The van der Waals surface area contributed by atoms with Gasteiger partial charge in [0.2, 0.25) is 0 Å². The molecule has 104 valence electrons. The first-order valence-electron chi connectivity index (χ1n) is 6.99. The van der Waals surface area contributed by atoms with Gasteiger partial charge in [0.15, 0.2) is 4.96 Å². The summed E-state index contributed by atoms with van der Waals surface area (Å²) in [5.41, 5.74) is 10.8. The predicted molar refractivity (Wildman–Crippen MR) is 85.4 cm³/mol. The zero-order valence-corrected chi connectivity index (χ0v) is 12.7. The van der Waals surface area contributed by atoms with Crippen molar-refractivity contribution in [1.82, 2.24) is 9.38 Å². The summed E-state index contributed by atoms with van der Waals surface area (Å²) in [6.45, 7) is 4.99. The first-order valence-corrected chi connectivity index (χ1v) is 7.81. The van der Waals surface area contributed by atoms with E-state index < -0.39 is 0 Å². The number of thiazole rings is 1. The lowest BCUT2D eigenvalue weighted by atomic mass is 10.1. The number of rotatable bonds is 4. The molecule has 2 N–H and O–H groups in total. The molecule has 0 amide bonds. The Kier molecular flexibility index (Phi) is 3.59. The van der Waals surface area contributed by atoms with Crippen LogP contribution in [0.2, 0.25) is 0 Å². The van der Waals surface area contributed by atoms with E-state index in [9.17, 15) is 0 Å². The SMILES string of the molecule is CCc1ccc(-c2c(C)sc3ncc(CCN)n23)cc1. The number of nitrogens with zero attached hydrogens (tertiary/aromatic N) is 2. The smallest absolute Gasteiger partial charge is 0.194 e. The fourth-order valence-corrected chi connectivity index (χ4v) is 3.56. The van der Waals surface area contributed by atoms with Crippen molar-refractivity contribution < 1.29 is 0 Å². The van der Waals surface area contributed by atoms with Crippen molar-refractivity contribution in [3.05, 3.63) is 46.6 Å². The standard InChI is InChI=1S/C16H19N3S/c1-3-12-4-6-13(7-5-12)15-11(2)20-16-18-10-14(8-9-17)19(15)16/h4-7,10H,3,8-9,17H2,1-2H3. The Hall–Kier alpha value is -1.65. The minimum atomic E-state index is 0.650. The average molecular weight is 285 g/mol. The average Bonchev–Trinajstić information content (AvgIpc) is 2.98. The van der Waals surface area contributed by atoms with Crippen molar-refractivity contribution in [2.75, 3.05) is 6.54 Å². The molecular formula is C16H19N3S. The molecule has 1 aromatic carbocycles. The molecule has 0 spiro atoms. The van der Waals surface area contributed by atoms with Gasteiger partial charge in [0.25, 0.3) is 0 Å². The van der Waals surface area contributed by atoms with E-state index in [2.05, 4.69) is 47.5 Å². The number of aromatic nitrogens is 2. The van der Waals surface area contributed by atoms with E-state index in [1.165, 1.54) is 27.4 Å². The first kappa shape index (κ1) is 13.3. The molecule has 0 saturated heterocycles. The minimum Gasteiger partial charge on any atom is -0.330 e. The van der Waals surface area contributed by atoms with E-state index >= 15 is 0 Å². The van der Waals surface area contributed by atoms with Gasteiger partial charge in [0.1, 0.15) is 0 Å². The zero-order valence-electron chi connectivity index (χ0n) is 11.9. The summed E-state index contributed by atoms with van der Waals surface area (Å²) in [5.74, 6) is 0. The summed E-state index contributed by atoms with van der Waals surface area (Å²) in [4.78, 5) is 6.86. The van der Waals surface area contributed by atoms with Gasteiger partial charge in [0.05, 0.1) is 11.9 Å². The van der Waals surface area contributed by atoms with Crippen molar-refractivity contribution in [2.45, 2.75) is 26.7 Å². The molecule has 0 radical (unpaired) electrons. The van der Waals surface area contributed by atoms with Crippen molar-refractivity contribution in [2.24, 2.45) is 5.73 Å². The maximum Gasteiger partial charge on any atom is 0.194 e. The van der Waals surface area contributed by atoms with Gasteiger partial charge < -0.3 is 5.73 Å². The monoisotopic (exact) mass is 285 g/mol. The normalized spacial score (nSPS) is 11.3. The third-order valence-electron chi connectivity index (χ3n) is 3.64. The summed E-state index contributed by atoms with van der Waals surface area (Å²) in [6.07, 6.45) is 3.88. The molecule has 0 fully saturated rings. The van der Waals surface area contributed by atoms with E-state index in [0.717, 1.165) is 17.8 Å². The van der Waals surface area contributed by atoms with Gasteiger partial charge in [-0.3, -0.25) is 4.40 Å². The lowest BCUT2D eigenvalue weighted by Crippen LogP contribution is -2.05. The third-order valence-corrected chi connectivity index (χ3v) is 4.61. The topological polar surface area (TPSA) is 43.3 Å². The van der Waals surface area contributed by atoms with Crippen LogP contribution < -0.4 is 5.73 Å². The molecule has 0 unspecified atom stereocenters. The first-order chi connectivity index (χ1) is 9.74. The summed E-state index contributed by atoms with van der Waals surface area (Å²) >= 11 is 1.74. The van der Waals surface area contributed by atoms with E-state index in [-0.39, 0.29) is 0 Å². The molecule has 0 aliphatic rings. The Morgan fingerprint density at radius 3 is 2.65 bits per heavy atom. The van der Waals surface area contributed by atoms with Crippen LogP contribution >= 0.6 is 11.3 Å². The highest BCUT2D eigenvalue weighted by atomic mass is 32.1. The third kappa shape index (κ3) is 2.15. The lowest BCUT2D eigenvalue weighted by Gasteiger charge is -2.06. The van der Waals surface area contributed by atoms with E-state index in [4.69, 9.17) is 5.73 Å². The fourth-order valence-electron chi connectivity index (χ4n) is 2.58. The van der Waals surface area contributed by atoms with Crippen molar-refractivity contribution in [3.63, 3.8) is 0 Å². The maximum absolute atomic E-state index is 5.71. The molecule has 0 saturated carbocycles. The molecular weight excluding hydrogens is 266 g/mol. The Balaban J connectivity index is 2.17. The van der Waals surface area contributed by atoms with Gasteiger partial charge >= 0.3 is 0 Å². The number of benzene rings is 1. The van der Waals surface area contributed by atoms with Crippen molar-refractivity contribution in [3.8, 4) is 11.3 Å². The number of hydrogen-bond acceptors (Lipinski definition) is 3. The van der Waals surface area contributed by atoms with Crippen LogP contribution in [0.3, 0.4) is 0 Å². The number of hydrogen-bond donors (Lipinski definition) is 1. The quantitative estimate of drug-likeness (QED) is 0.798. The van der Waals surface area contributed by atoms with Crippen LogP contribution in [0.25, 0.3) is 16.2 Å². The molecule has 3 aromatic rings. The number of aryl methyl sites for hydroxylation is 2. The number of nitrogens with two attached hydrogens (primary N) is 1. The Morgan fingerprint density at radius 2 is 2.00 bits per heavy atom. The molecule has 3 nitrogen and oxygen atoms in total. The number of imidazole rings is 1. The largest absolute Gasteiger partial charge is 0.330 e. The highest BCUT2D eigenvalue weighted by Gasteiger charge is 2.15. The second-order valence-electron chi connectivity index (χ2n) is 4.96. The summed E-state index contributed by atoms with van der Waals surface area (Å²) in [7, 11) is 0. The molecule has 2 aromatic heterocycles. The fraction of sp³-hybridized carbons (Fsp3) is 0.312. The Morgan fingerprint density at radius 1 is 1.25 bits per heavy atom. The molecule has 0 bridgehead atoms. The lowest BCUT2D eigenvalue weighted by molar-refractivity contribution is 0.910. The Bertz CT molecular complexity index is 722. The Labute approximate surface area is 123 Å². The van der Waals surface area contributed by atoms with Crippen LogP contribution in [-0.4, -0.2) is 15.9 Å². The summed E-state index contributed by atoms with van der Waals surface area (Å²) in [6, 6.07) is 8.83. The summed E-state index contributed by atoms with van der Waals surface area (Å²) < 4.78 is 2.26. The second-order valence-corrected chi connectivity index (χ2v) is 6.15. The second kappa shape index (κ2) is 5.38.